The summed E-state index contributed by atoms with van der Waals surface area (Å²) >= 11 is 0. The third kappa shape index (κ3) is 3.99. The van der Waals surface area contributed by atoms with Gasteiger partial charge < -0.3 is 9.80 Å². The summed E-state index contributed by atoms with van der Waals surface area (Å²) in [5, 5.41) is 2.07. The van der Waals surface area contributed by atoms with Crippen LogP contribution in [0.2, 0.25) is 0 Å². The summed E-state index contributed by atoms with van der Waals surface area (Å²) < 4.78 is 0. The molecule has 0 spiro atoms. The highest BCUT2D eigenvalue weighted by Crippen LogP contribution is 2.30. The number of benzene rings is 1. The summed E-state index contributed by atoms with van der Waals surface area (Å²) in [6.45, 7) is 4.77. The van der Waals surface area contributed by atoms with Crippen molar-refractivity contribution in [3.8, 4) is 0 Å². The Hall–Kier alpha value is -2.47. The number of fused-ring (bicyclic) bond motifs is 1. The Kier molecular flexibility index (Phi) is 4.96. The van der Waals surface area contributed by atoms with Gasteiger partial charge in [-0.15, -0.1) is 0 Å². The molecule has 6 nitrogen and oxygen atoms in total. The van der Waals surface area contributed by atoms with E-state index in [0.29, 0.717) is 18.7 Å². The molecule has 1 atom stereocenters. The second-order valence-electron chi connectivity index (χ2n) is 8.75. The number of carbonyl (C=O) groups excluding carboxylic acids is 2. The molecule has 1 saturated carbocycles. The standard InChI is InChI=1S/C23H28N4O2/c28-22-16-25(14-17-3-4-17)10-11-27(22)21-2-1-9-26(15-21)23(29)19-6-5-18-7-8-24-13-20(18)12-19/h5-8,12-13,17,21H,1-4,9-11,14-16H2. The van der Waals surface area contributed by atoms with E-state index in [9.17, 15) is 9.59 Å². The fraction of sp³-hybridized carbons (Fsp3) is 0.522. The van der Waals surface area contributed by atoms with Gasteiger partial charge in [-0.2, -0.15) is 0 Å². The molecule has 1 aromatic heterocycles. The fourth-order valence-electron chi connectivity index (χ4n) is 4.74. The molecule has 5 rings (SSSR count). The summed E-state index contributed by atoms with van der Waals surface area (Å²) in [6.07, 6.45) is 8.13. The third-order valence-electron chi connectivity index (χ3n) is 6.56. The molecule has 0 radical (unpaired) electrons. The number of likely N-dealkylation sites (tertiary alicyclic amines) is 1. The number of piperazine rings is 1. The molecular formula is C23H28N4O2. The van der Waals surface area contributed by atoms with Crippen LogP contribution in [0.3, 0.4) is 0 Å². The Morgan fingerprint density at radius 3 is 2.79 bits per heavy atom. The molecule has 6 heteroatoms. The Morgan fingerprint density at radius 1 is 1.07 bits per heavy atom. The molecule has 3 aliphatic rings. The van der Waals surface area contributed by atoms with Gasteiger partial charge in [0.1, 0.15) is 0 Å². The van der Waals surface area contributed by atoms with Crippen molar-refractivity contribution in [3.63, 3.8) is 0 Å². The van der Waals surface area contributed by atoms with Gasteiger partial charge in [0.2, 0.25) is 5.91 Å². The topological polar surface area (TPSA) is 56.8 Å². The lowest BCUT2D eigenvalue weighted by atomic mass is 10.0. The molecule has 152 valence electrons. The van der Waals surface area contributed by atoms with Crippen molar-refractivity contribution in [1.82, 2.24) is 19.7 Å². The van der Waals surface area contributed by atoms with Crippen LogP contribution in [0.15, 0.2) is 36.7 Å². The lowest BCUT2D eigenvalue weighted by molar-refractivity contribution is -0.139. The molecule has 3 heterocycles. The number of carbonyl (C=O) groups is 2. The number of amides is 2. The minimum Gasteiger partial charge on any atom is -0.337 e. The van der Waals surface area contributed by atoms with Gasteiger partial charge in [0.15, 0.2) is 0 Å². The first kappa shape index (κ1) is 18.6. The second-order valence-corrected chi connectivity index (χ2v) is 8.75. The zero-order chi connectivity index (χ0) is 19.8. The first-order valence-corrected chi connectivity index (χ1v) is 10.8. The number of hydrogen-bond donors (Lipinski definition) is 0. The molecule has 3 fully saturated rings. The van der Waals surface area contributed by atoms with Crippen LogP contribution in [0.25, 0.3) is 10.8 Å². The van der Waals surface area contributed by atoms with Crippen LogP contribution in [0.5, 0.6) is 0 Å². The van der Waals surface area contributed by atoms with Gasteiger partial charge in [-0.05, 0) is 55.2 Å². The predicted octanol–water partition coefficient (Wildman–Crippen LogP) is 2.39. The summed E-state index contributed by atoms with van der Waals surface area (Å²) in [5.74, 6) is 1.10. The van der Waals surface area contributed by atoms with Crippen molar-refractivity contribution in [2.75, 3.05) is 39.3 Å². The molecule has 0 N–H and O–H groups in total. The van der Waals surface area contributed by atoms with E-state index in [1.54, 1.807) is 12.4 Å². The predicted molar refractivity (Wildman–Crippen MR) is 112 cm³/mol. The van der Waals surface area contributed by atoms with E-state index in [4.69, 9.17) is 0 Å². The number of nitrogens with zero attached hydrogens (tertiary/aromatic N) is 4. The molecule has 2 aliphatic heterocycles. The van der Waals surface area contributed by atoms with Gasteiger partial charge in [-0.25, -0.2) is 0 Å². The number of piperidine rings is 1. The summed E-state index contributed by atoms with van der Waals surface area (Å²) in [6, 6.07) is 7.90. The quantitative estimate of drug-likeness (QED) is 0.802. The maximum absolute atomic E-state index is 13.1. The lowest BCUT2D eigenvalue weighted by Crippen LogP contribution is -2.58. The van der Waals surface area contributed by atoms with Crippen molar-refractivity contribution in [1.29, 1.82) is 0 Å². The van der Waals surface area contributed by atoms with Gasteiger partial charge in [-0.3, -0.25) is 19.5 Å². The fourth-order valence-corrected chi connectivity index (χ4v) is 4.74. The van der Waals surface area contributed by atoms with Crippen LogP contribution in [0, 0.1) is 5.92 Å². The van der Waals surface area contributed by atoms with Gasteiger partial charge in [0.05, 0.1) is 6.54 Å². The Labute approximate surface area is 171 Å². The van der Waals surface area contributed by atoms with Gasteiger partial charge in [0, 0.05) is 62.1 Å². The van der Waals surface area contributed by atoms with Gasteiger partial charge >= 0.3 is 0 Å². The molecule has 1 aromatic carbocycles. The summed E-state index contributed by atoms with van der Waals surface area (Å²) in [4.78, 5) is 36.3. The summed E-state index contributed by atoms with van der Waals surface area (Å²) in [7, 11) is 0. The van der Waals surface area contributed by atoms with Gasteiger partial charge in [0.25, 0.3) is 5.91 Å². The Balaban J connectivity index is 1.25. The van der Waals surface area contributed by atoms with Crippen LogP contribution in [0.4, 0.5) is 0 Å². The van der Waals surface area contributed by atoms with Crippen LogP contribution >= 0.6 is 0 Å². The van der Waals surface area contributed by atoms with Crippen LogP contribution in [-0.4, -0.2) is 76.8 Å². The molecule has 1 aliphatic carbocycles. The zero-order valence-corrected chi connectivity index (χ0v) is 16.8. The number of hydrogen-bond acceptors (Lipinski definition) is 4. The number of pyridine rings is 1. The number of rotatable bonds is 4. The molecule has 1 unspecified atom stereocenters. The van der Waals surface area contributed by atoms with Crippen molar-refractivity contribution in [2.24, 2.45) is 5.92 Å². The van der Waals surface area contributed by atoms with Crippen molar-refractivity contribution < 1.29 is 9.59 Å². The molecule has 0 bridgehead atoms. The highest BCUT2D eigenvalue weighted by Gasteiger charge is 2.35. The van der Waals surface area contributed by atoms with Crippen LogP contribution in [0.1, 0.15) is 36.0 Å². The largest absolute Gasteiger partial charge is 0.337 e. The van der Waals surface area contributed by atoms with E-state index >= 15 is 0 Å². The number of aromatic nitrogens is 1. The lowest BCUT2D eigenvalue weighted by Gasteiger charge is -2.43. The first-order valence-electron chi connectivity index (χ1n) is 10.8. The van der Waals surface area contributed by atoms with E-state index < -0.39 is 0 Å². The maximum Gasteiger partial charge on any atom is 0.253 e. The minimum absolute atomic E-state index is 0.0558. The van der Waals surface area contributed by atoms with Gasteiger partial charge in [-0.1, -0.05) is 6.07 Å². The normalized spacial score (nSPS) is 23.6. The smallest absolute Gasteiger partial charge is 0.253 e. The average Bonchev–Trinajstić information content (AvgIpc) is 3.57. The van der Waals surface area contributed by atoms with E-state index in [2.05, 4.69) is 9.88 Å². The molecule has 29 heavy (non-hydrogen) atoms. The molecule has 2 aromatic rings. The highest BCUT2D eigenvalue weighted by molar-refractivity contribution is 5.98. The maximum atomic E-state index is 13.1. The van der Waals surface area contributed by atoms with Crippen LogP contribution < -0.4 is 0 Å². The van der Waals surface area contributed by atoms with E-state index in [0.717, 1.165) is 55.7 Å². The molecular weight excluding hydrogens is 364 g/mol. The highest BCUT2D eigenvalue weighted by atomic mass is 16.2. The van der Waals surface area contributed by atoms with Crippen molar-refractivity contribution in [3.05, 3.63) is 42.2 Å². The van der Waals surface area contributed by atoms with Crippen molar-refractivity contribution in [2.45, 2.75) is 31.7 Å². The van der Waals surface area contributed by atoms with Crippen LogP contribution in [-0.2, 0) is 4.79 Å². The zero-order valence-electron chi connectivity index (χ0n) is 16.8. The van der Waals surface area contributed by atoms with Crippen molar-refractivity contribution >= 4 is 22.6 Å². The molecule has 2 saturated heterocycles. The SMILES string of the molecule is O=C(c1ccc2ccncc2c1)N1CCCC(N2CCN(CC3CC3)CC2=O)C1. The van der Waals surface area contributed by atoms with E-state index in [-0.39, 0.29) is 17.9 Å². The van der Waals surface area contributed by atoms with E-state index in [1.807, 2.05) is 34.1 Å². The summed E-state index contributed by atoms with van der Waals surface area (Å²) in [5.41, 5.74) is 0.701. The minimum atomic E-state index is 0.0558. The third-order valence-corrected chi connectivity index (χ3v) is 6.56. The monoisotopic (exact) mass is 392 g/mol. The Morgan fingerprint density at radius 2 is 1.97 bits per heavy atom. The Bertz CT molecular complexity index is 926. The first-order chi connectivity index (χ1) is 14.2. The second kappa shape index (κ2) is 7.75. The average molecular weight is 393 g/mol. The molecule has 2 amide bonds. The van der Waals surface area contributed by atoms with E-state index in [1.165, 1.54) is 12.8 Å².